The molecule has 4 nitrogen and oxygen atoms in total. The van der Waals surface area contributed by atoms with E-state index in [4.69, 9.17) is 15.7 Å². The van der Waals surface area contributed by atoms with Crippen LogP contribution in [0.2, 0.25) is 0 Å². The van der Waals surface area contributed by atoms with E-state index in [1.807, 2.05) is 42.7 Å². The Bertz CT molecular complexity index is 656. The van der Waals surface area contributed by atoms with Crippen LogP contribution in [0, 0.1) is 0 Å². The van der Waals surface area contributed by atoms with Gasteiger partial charge in [-0.1, -0.05) is 30.3 Å². The molecule has 3 N–H and O–H groups in total. The number of amidine groups is 1. The Morgan fingerprint density at radius 1 is 1.29 bits per heavy atom. The molecule has 2 aromatic rings. The predicted molar refractivity (Wildman–Crippen MR) is 86.6 cm³/mol. The molecule has 0 spiro atoms. The summed E-state index contributed by atoms with van der Waals surface area (Å²) in [5, 5.41) is 12.1. The van der Waals surface area contributed by atoms with Crippen LogP contribution < -0.4 is 10.5 Å². The number of aryl methyl sites for hydroxylation is 1. The van der Waals surface area contributed by atoms with Crippen LogP contribution in [0.4, 0.5) is 0 Å². The Morgan fingerprint density at radius 3 is 2.71 bits per heavy atom. The monoisotopic (exact) mass is 302 g/mol. The number of nitrogens with two attached hydrogens (primary N) is 1. The zero-order chi connectivity index (χ0) is 15.2. The average molecular weight is 302 g/mol. The van der Waals surface area contributed by atoms with E-state index >= 15 is 0 Å². The molecule has 2 aromatic carbocycles. The van der Waals surface area contributed by atoms with Crippen molar-refractivity contribution in [3.8, 4) is 11.5 Å². The molecular formula is C16H18N2O2S. The maximum Gasteiger partial charge on any atom is 0.175 e. The van der Waals surface area contributed by atoms with Gasteiger partial charge < -0.3 is 15.7 Å². The van der Waals surface area contributed by atoms with Crippen LogP contribution in [0.25, 0.3) is 0 Å². The first-order valence-corrected chi connectivity index (χ1v) is 7.83. The Labute approximate surface area is 128 Å². The zero-order valence-corrected chi connectivity index (χ0v) is 12.9. The summed E-state index contributed by atoms with van der Waals surface area (Å²) in [6.45, 7) is 2.09. The fourth-order valence-corrected chi connectivity index (χ4v) is 2.65. The molecular weight excluding hydrogens is 284 g/mol. The predicted octanol–water partition coefficient (Wildman–Crippen LogP) is 3.86. The van der Waals surface area contributed by atoms with Crippen molar-refractivity contribution in [2.24, 2.45) is 10.9 Å². The Hall–Kier alpha value is -2.14. The molecule has 0 aromatic heterocycles. The molecule has 0 unspecified atom stereocenters. The van der Waals surface area contributed by atoms with Gasteiger partial charge in [-0.05, 0) is 42.5 Å². The van der Waals surface area contributed by atoms with Crippen molar-refractivity contribution in [3.05, 3.63) is 53.6 Å². The van der Waals surface area contributed by atoms with Gasteiger partial charge in [0.05, 0.1) is 5.56 Å². The lowest BCUT2D eigenvalue weighted by molar-refractivity contribution is 0.318. The van der Waals surface area contributed by atoms with E-state index in [0.717, 1.165) is 17.1 Å². The van der Waals surface area contributed by atoms with Crippen molar-refractivity contribution in [2.45, 2.75) is 18.2 Å². The molecule has 0 aliphatic rings. The van der Waals surface area contributed by atoms with Crippen LogP contribution >= 0.6 is 11.8 Å². The van der Waals surface area contributed by atoms with Crippen LogP contribution in [0.1, 0.15) is 18.1 Å². The highest BCUT2D eigenvalue weighted by Gasteiger charge is 2.14. The molecule has 0 heterocycles. The van der Waals surface area contributed by atoms with Crippen LogP contribution in [-0.4, -0.2) is 17.3 Å². The van der Waals surface area contributed by atoms with Crippen molar-refractivity contribution in [1.29, 1.82) is 0 Å². The number of hydrogen-bond donors (Lipinski definition) is 2. The first-order valence-electron chi connectivity index (χ1n) is 6.61. The van der Waals surface area contributed by atoms with Gasteiger partial charge in [0.25, 0.3) is 0 Å². The van der Waals surface area contributed by atoms with E-state index in [1.54, 1.807) is 0 Å². The first-order chi connectivity index (χ1) is 10.2. The third-order valence-electron chi connectivity index (χ3n) is 3.11. The first kappa shape index (κ1) is 15.3. The van der Waals surface area contributed by atoms with Gasteiger partial charge in [-0.15, -0.1) is 11.8 Å². The highest BCUT2D eigenvalue weighted by atomic mass is 32.2. The van der Waals surface area contributed by atoms with Gasteiger partial charge in [0, 0.05) is 4.90 Å². The van der Waals surface area contributed by atoms with E-state index in [9.17, 15) is 0 Å². The van der Waals surface area contributed by atoms with Crippen molar-refractivity contribution >= 4 is 17.6 Å². The van der Waals surface area contributed by atoms with E-state index in [1.165, 1.54) is 17.3 Å². The van der Waals surface area contributed by atoms with Crippen LogP contribution in [0.15, 0.2) is 52.5 Å². The highest BCUT2D eigenvalue weighted by molar-refractivity contribution is 7.98. The molecule has 0 atom stereocenters. The minimum atomic E-state index is 0.0431. The van der Waals surface area contributed by atoms with E-state index < -0.39 is 0 Å². The Morgan fingerprint density at radius 2 is 2.05 bits per heavy atom. The van der Waals surface area contributed by atoms with Gasteiger partial charge in [-0.2, -0.15) is 0 Å². The number of rotatable bonds is 5. The topological polar surface area (TPSA) is 67.8 Å². The molecule has 0 amide bonds. The highest BCUT2D eigenvalue weighted by Crippen LogP contribution is 2.32. The Kier molecular flexibility index (Phi) is 5.11. The van der Waals surface area contributed by atoms with Crippen molar-refractivity contribution < 1.29 is 9.94 Å². The number of thioether (sulfide) groups is 1. The quantitative estimate of drug-likeness (QED) is 0.289. The van der Waals surface area contributed by atoms with E-state index in [-0.39, 0.29) is 5.84 Å². The second-order valence-corrected chi connectivity index (χ2v) is 5.27. The third-order valence-corrected chi connectivity index (χ3v) is 3.89. The van der Waals surface area contributed by atoms with Crippen molar-refractivity contribution in [3.63, 3.8) is 0 Å². The maximum atomic E-state index is 8.98. The SMILES string of the molecule is CCc1cccc(Oc2cccc(SC)c2/C(N)=N/O)c1. The normalized spacial score (nSPS) is 11.4. The molecule has 0 aliphatic heterocycles. The number of nitrogens with zero attached hydrogens (tertiary/aromatic N) is 1. The summed E-state index contributed by atoms with van der Waals surface area (Å²) in [6, 6.07) is 13.5. The smallest absolute Gasteiger partial charge is 0.175 e. The lowest BCUT2D eigenvalue weighted by Crippen LogP contribution is -2.15. The lowest BCUT2D eigenvalue weighted by atomic mass is 10.1. The summed E-state index contributed by atoms with van der Waals surface area (Å²) in [4.78, 5) is 0.898. The van der Waals surface area contributed by atoms with Crippen molar-refractivity contribution in [1.82, 2.24) is 0 Å². The number of oxime groups is 1. The molecule has 0 radical (unpaired) electrons. The largest absolute Gasteiger partial charge is 0.457 e. The zero-order valence-electron chi connectivity index (χ0n) is 12.0. The average Bonchev–Trinajstić information content (AvgIpc) is 2.54. The van der Waals surface area contributed by atoms with Gasteiger partial charge in [-0.3, -0.25) is 0 Å². The van der Waals surface area contributed by atoms with Gasteiger partial charge in [0.2, 0.25) is 0 Å². The second-order valence-electron chi connectivity index (χ2n) is 4.42. The summed E-state index contributed by atoms with van der Waals surface area (Å²) in [5.41, 5.74) is 7.59. The molecule has 0 saturated carbocycles. The summed E-state index contributed by atoms with van der Waals surface area (Å²) < 4.78 is 5.93. The Balaban J connectivity index is 2.43. The third kappa shape index (κ3) is 3.49. The number of ether oxygens (including phenoxy) is 1. The second kappa shape index (κ2) is 7.04. The van der Waals surface area contributed by atoms with E-state index in [2.05, 4.69) is 18.1 Å². The molecule has 21 heavy (non-hydrogen) atoms. The maximum absolute atomic E-state index is 8.98. The van der Waals surface area contributed by atoms with Gasteiger partial charge in [0.15, 0.2) is 5.84 Å². The number of hydrogen-bond acceptors (Lipinski definition) is 4. The molecule has 0 saturated heterocycles. The van der Waals surface area contributed by atoms with Crippen LogP contribution in [-0.2, 0) is 6.42 Å². The lowest BCUT2D eigenvalue weighted by Gasteiger charge is -2.13. The van der Waals surface area contributed by atoms with Gasteiger partial charge >= 0.3 is 0 Å². The molecule has 110 valence electrons. The molecule has 0 fully saturated rings. The molecule has 0 bridgehead atoms. The summed E-state index contributed by atoms with van der Waals surface area (Å²) in [5.74, 6) is 1.35. The molecule has 5 heteroatoms. The summed E-state index contributed by atoms with van der Waals surface area (Å²) in [6.07, 6.45) is 2.88. The summed E-state index contributed by atoms with van der Waals surface area (Å²) in [7, 11) is 0. The standard InChI is InChI=1S/C16H18N2O2S/c1-3-11-6-4-7-12(10-11)20-13-8-5-9-14(21-2)15(13)16(17)18-19/h4-10,19H,3H2,1-2H3,(H2,17,18). The fourth-order valence-electron chi connectivity index (χ4n) is 2.02. The van der Waals surface area contributed by atoms with E-state index in [0.29, 0.717) is 11.3 Å². The van der Waals surface area contributed by atoms with Gasteiger partial charge in [-0.25, -0.2) is 0 Å². The fraction of sp³-hybridized carbons (Fsp3) is 0.188. The minimum Gasteiger partial charge on any atom is -0.457 e. The molecule has 2 rings (SSSR count). The van der Waals surface area contributed by atoms with Crippen LogP contribution in [0.5, 0.6) is 11.5 Å². The summed E-state index contributed by atoms with van der Waals surface area (Å²) >= 11 is 1.52. The minimum absolute atomic E-state index is 0.0431. The number of benzene rings is 2. The molecule has 0 aliphatic carbocycles. The van der Waals surface area contributed by atoms with Crippen LogP contribution in [0.3, 0.4) is 0 Å². The van der Waals surface area contributed by atoms with Gasteiger partial charge in [0.1, 0.15) is 11.5 Å². The van der Waals surface area contributed by atoms with Crippen molar-refractivity contribution in [2.75, 3.05) is 6.26 Å².